The van der Waals surface area contributed by atoms with Crippen molar-refractivity contribution < 1.29 is 9.43 Å². The molecule has 0 saturated heterocycles. The molecular formula is C27H50Cl2NSiTi. The maximum atomic E-state index is 4.14. The summed E-state index contributed by atoms with van der Waals surface area (Å²) in [6.45, 7) is 19.1. The van der Waals surface area contributed by atoms with Gasteiger partial charge in [0.1, 0.15) is 0 Å². The third kappa shape index (κ3) is 1.66. The summed E-state index contributed by atoms with van der Waals surface area (Å²) >= 11 is 0. The molecule has 0 bridgehead atoms. The standard InChI is InChI=1S/C8H6N.C5H5.2C4H9.C2H7Si.4CH3.2ClH.Ti/c1-2-4-8-7(3-1)5-6-9-8;1-2-4-5-3-1;2*1-4(2)3;1-3-2;;;;;;;/h1-5,9H;1-3H,4H2;2*1-3H3;3H,1-2H3;4*1H3;2*1H;. The molecular weight excluding hydrogens is 485 g/mol. The van der Waals surface area contributed by atoms with Gasteiger partial charge in [-0.05, 0) is 0 Å². The minimum Gasteiger partial charge on any atom is -0.147 e. The summed E-state index contributed by atoms with van der Waals surface area (Å²) < 4.78 is 3.16. The van der Waals surface area contributed by atoms with E-state index in [0.29, 0.717) is 0 Å². The van der Waals surface area contributed by atoms with Crippen molar-refractivity contribution in [1.29, 1.82) is 0 Å². The van der Waals surface area contributed by atoms with Gasteiger partial charge in [0.2, 0.25) is 0 Å². The number of benzene rings is 1. The van der Waals surface area contributed by atoms with Gasteiger partial charge in [-0.25, -0.2) is 0 Å². The molecule has 0 unspecified atom stereocenters. The van der Waals surface area contributed by atoms with Crippen LogP contribution in [0.25, 0.3) is 10.9 Å². The van der Waals surface area contributed by atoms with E-state index in [1.165, 1.54) is 14.9 Å². The van der Waals surface area contributed by atoms with Crippen LogP contribution in [0.1, 0.15) is 48.0 Å². The zero-order chi connectivity index (χ0) is 23.3. The van der Waals surface area contributed by atoms with Crippen LogP contribution in [-0.2, 0) is 9.43 Å². The molecule has 0 atom stereocenters. The summed E-state index contributed by atoms with van der Waals surface area (Å²) in [4.78, 5) is 4.14. The quantitative estimate of drug-likeness (QED) is 0.377. The van der Waals surface area contributed by atoms with Crippen molar-refractivity contribution in [3.63, 3.8) is 0 Å². The third-order valence-corrected chi connectivity index (χ3v) is 108. The SMILES string of the molecule is C[SiH](C)[Ti]([CH3])([CH3])([CH3])([CH3])([C]1=CC=CC1)([c]1cc2ccccc2[nH]1)([C](C)(C)C)[C](C)(C)C.Cl.Cl. The molecule has 0 radical (unpaired) electrons. The largest absolute Gasteiger partial charge is 0.147 e. The van der Waals surface area contributed by atoms with Crippen molar-refractivity contribution in [2.75, 3.05) is 0 Å². The molecule has 0 amide bonds. The average molecular weight is 536 g/mol. The van der Waals surface area contributed by atoms with Gasteiger partial charge in [0.25, 0.3) is 0 Å². The van der Waals surface area contributed by atoms with Crippen LogP contribution >= 0.6 is 24.8 Å². The fourth-order valence-corrected chi connectivity index (χ4v) is 54.4. The molecule has 1 heterocycles. The van der Waals surface area contributed by atoms with Gasteiger partial charge >= 0.3 is 178 Å². The van der Waals surface area contributed by atoms with Gasteiger partial charge in [0, 0.05) is 0 Å². The third-order valence-electron chi connectivity index (χ3n) is 18.5. The minimum absolute atomic E-state index is 0. The summed E-state index contributed by atoms with van der Waals surface area (Å²) in [5.41, 5.74) is 1.26. The van der Waals surface area contributed by atoms with E-state index in [-0.39, 0.29) is 32.3 Å². The predicted molar refractivity (Wildman–Crippen MR) is 156 cm³/mol. The van der Waals surface area contributed by atoms with Crippen molar-refractivity contribution in [2.45, 2.75) is 89.4 Å². The molecule has 0 saturated carbocycles. The fraction of sp³-hybridized carbons (Fsp3) is 0.556. The van der Waals surface area contributed by atoms with E-state index in [1.54, 1.807) is 3.88 Å². The van der Waals surface area contributed by atoms with Crippen LogP contribution < -0.4 is 4.00 Å². The zero-order valence-corrected chi connectivity index (χ0v) is 27.1. The van der Waals surface area contributed by atoms with Gasteiger partial charge in [-0.15, -0.1) is 24.8 Å². The summed E-state index contributed by atoms with van der Waals surface area (Å²) in [7, 11) is -5.94. The van der Waals surface area contributed by atoms with Crippen molar-refractivity contribution in [3.8, 4) is 0 Å². The summed E-state index contributed by atoms with van der Waals surface area (Å²) in [6.07, 6.45) is 8.29. The van der Waals surface area contributed by atoms with Crippen LogP contribution in [0.15, 0.2) is 52.4 Å². The molecule has 5 heteroatoms. The second-order valence-corrected chi connectivity index (χ2v) is 76.9. The Morgan fingerprint density at radius 1 is 0.844 bits per heavy atom. The number of aromatic amines is 1. The van der Waals surface area contributed by atoms with E-state index >= 15 is 0 Å². The first-order chi connectivity index (χ1) is 13.0. The predicted octanol–water partition coefficient (Wildman–Crippen LogP) is 9.93. The maximum Gasteiger partial charge on any atom is -0.147 e. The first-order valence-corrected chi connectivity index (χ1v) is 27.0. The fourth-order valence-electron chi connectivity index (χ4n) is 8.95. The Morgan fingerprint density at radius 2 is 1.34 bits per heavy atom. The van der Waals surface area contributed by atoms with E-state index in [0.717, 1.165) is 6.42 Å². The summed E-state index contributed by atoms with van der Waals surface area (Å²) in [6, 6.07) is 11.4. The number of H-pyrrole nitrogens is 1. The molecule has 1 aromatic carbocycles. The number of halogens is 2. The average Bonchev–Trinajstić information content (AvgIpc) is 3.24. The first-order valence-electron chi connectivity index (χ1n) is 12.1. The Kier molecular flexibility index (Phi) is 4.79. The summed E-state index contributed by atoms with van der Waals surface area (Å²) in [5, 5.41) is 12.7. The number of nitrogens with one attached hydrogen (secondary N) is 1. The number of hydrogen-bond acceptors (Lipinski definition) is 0. The van der Waals surface area contributed by atoms with E-state index in [9.17, 15) is 0 Å². The van der Waals surface area contributed by atoms with Gasteiger partial charge in [-0.3, -0.25) is 0 Å². The molecule has 1 aliphatic carbocycles. The minimum atomic E-state index is -5.94. The maximum absolute atomic E-state index is 5.94. The molecule has 185 valence electrons. The topological polar surface area (TPSA) is 15.8 Å². The van der Waals surface area contributed by atoms with Gasteiger partial charge < -0.3 is 0 Å². The van der Waals surface area contributed by atoms with Crippen LogP contribution in [0.4, 0.5) is 0 Å². The second kappa shape index (κ2) is 5.14. The Hall–Kier alpha value is -0.249. The number of aromatic nitrogens is 1. The van der Waals surface area contributed by atoms with Gasteiger partial charge in [0.05, 0.1) is 0 Å². The molecule has 2 aromatic rings. The normalized spacial score (nSPS) is 21.7. The Balaban J connectivity index is 0.00000256. The van der Waals surface area contributed by atoms with Crippen molar-refractivity contribution in [2.24, 2.45) is 0 Å². The molecule has 1 aromatic heterocycles. The van der Waals surface area contributed by atoms with E-state index in [2.05, 4.69) is 129 Å². The Labute approximate surface area is 201 Å². The van der Waals surface area contributed by atoms with Crippen LogP contribution in [0.3, 0.4) is 0 Å². The van der Waals surface area contributed by atoms with Crippen LogP contribution in [0.2, 0.25) is 41.4 Å². The molecule has 1 nitrogen and oxygen atoms in total. The van der Waals surface area contributed by atoms with Crippen molar-refractivity contribution >= 4 is 46.4 Å². The molecule has 0 spiro atoms. The number of rotatable bonds is 3. The molecule has 1 aliphatic rings. The molecule has 0 fully saturated rings. The van der Waals surface area contributed by atoms with Gasteiger partial charge in [-0.2, -0.15) is 0 Å². The molecule has 1 N–H and O–H groups in total. The van der Waals surface area contributed by atoms with E-state index in [1.807, 2.05) is 0 Å². The molecule has 0 aliphatic heterocycles. The smallest absolute Gasteiger partial charge is 0.147 e. The van der Waals surface area contributed by atoms with Gasteiger partial charge in [-0.1, -0.05) is 0 Å². The number of hydrogen-bond donors (Lipinski definition) is 1. The first kappa shape index (κ1) is 29.8. The van der Waals surface area contributed by atoms with Crippen LogP contribution in [-0.4, -0.2) is 11.6 Å². The number of para-hydroxylation sites is 1. The zero-order valence-electron chi connectivity index (χ0n) is 22.7. The van der Waals surface area contributed by atoms with Crippen molar-refractivity contribution in [3.05, 3.63) is 52.4 Å². The number of fused-ring (bicyclic) bond motifs is 1. The molecule has 3 rings (SSSR count). The van der Waals surface area contributed by atoms with E-state index < -0.39 is 16.1 Å². The van der Waals surface area contributed by atoms with Crippen molar-refractivity contribution in [1.82, 2.24) is 4.98 Å². The molecule has 32 heavy (non-hydrogen) atoms. The van der Waals surface area contributed by atoms with E-state index in [4.69, 9.17) is 0 Å². The van der Waals surface area contributed by atoms with Crippen LogP contribution in [0, 0.1) is 0 Å². The Bertz CT molecular complexity index is 1200. The number of allylic oxidation sites excluding steroid dienone is 4. The van der Waals surface area contributed by atoms with Gasteiger partial charge in [0.15, 0.2) is 0 Å². The Morgan fingerprint density at radius 3 is 1.72 bits per heavy atom. The van der Waals surface area contributed by atoms with Crippen LogP contribution in [0.5, 0.6) is 0 Å². The second-order valence-electron chi connectivity index (χ2n) is 18.7. The monoisotopic (exact) mass is 534 g/mol. The summed E-state index contributed by atoms with van der Waals surface area (Å²) in [5.74, 6) is 0.